The van der Waals surface area contributed by atoms with Crippen LogP contribution in [0.15, 0.2) is 70.7 Å². The molecule has 18 nitrogen and oxygen atoms in total. The van der Waals surface area contributed by atoms with Gasteiger partial charge < -0.3 is 45.1 Å². The van der Waals surface area contributed by atoms with Crippen molar-refractivity contribution in [1.29, 1.82) is 0 Å². The number of phenols is 1. The number of aromatic nitrogens is 4. The summed E-state index contributed by atoms with van der Waals surface area (Å²) in [7, 11) is 0. The Labute approximate surface area is 425 Å². The number of carbonyl (C=O) groups is 2. The van der Waals surface area contributed by atoms with E-state index < -0.39 is 18.1 Å². The first kappa shape index (κ1) is 50.8. The third-order valence-electron chi connectivity index (χ3n) is 14.6. The number of aliphatic hydroxyl groups is 1. The summed E-state index contributed by atoms with van der Waals surface area (Å²) in [6.07, 6.45) is 1.05. The minimum atomic E-state index is -0.826. The molecular weight excluding hydrogens is 935 g/mol. The summed E-state index contributed by atoms with van der Waals surface area (Å²) >= 11 is 1.59. The Morgan fingerprint density at radius 1 is 0.958 bits per heavy atom. The molecule has 4 saturated heterocycles. The highest BCUT2D eigenvalue weighted by atomic mass is 32.1. The van der Waals surface area contributed by atoms with E-state index in [4.69, 9.17) is 19.7 Å². The Morgan fingerprint density at radius 2 is 1.69 bits per heavy atom. The van der Waals surface area contributed by atoms with E-state index in [0.717, 1.165) is 99.1 Å². The van der Waals surface area contributed by atoms with Crippen molar-refractivity contribution >= 4 is 34.7 Å². The number of β-amino-alcohol motifs (C(OH)–C–C–N with tert-alkyl or cyclic N) is 1. The lowest BCUT2D eigenvalue weighted by molar-refractivity contribution is -0.141. The van der Waals surface area contributed by atoms with Crippen LogP contribution >= 0.6 is 11.3 Å². The Bertz CT molecular complexity index is 2700. The molecule has 1 spiro atoms. The highest BCUT2D eigenvalue weighted by Crippen LogP contribution is 2.37. The number of piperidine rings is 1. The van der Waals surface area contributed by atoms with Crippen LogP contribution in [0.2, 0.25) is 0 Å². The number of nitrogen functional groups attached to an aromatic ring is 1. The number of aryl methyl sites for hydroxylation is 1. The maximum Gasteiger partial charge on any atom is 0.254 e. The van der Waals surface area contributed by atoms with Crippen molar-refractivity contribution in [1.82, 2.24) is 45.3 Å². The molecule has 19 heteroatoms. The van der Waals surface area contributed by atoms with Crippen molar-refractivity contribution in [3.63, 3.8) is 0 Å². The van der Waals surface area contributed by atoms with Gasteiger partial charge in [0.25, 0.3) is 5.88 Å². The molecule has 9 rings (SSSR count). The average Bonchev–Trinajstić information content (AvgIpc) is 4.14. The van der Waals surface area contributed by atoms with Crippen molar-refractivity contribution in [2.75, 3.05) is 102 Å². The number of aromatic hydroxyl groups is 1. The minimum absolute atomic E-state index is 0.0558. The van der Waals surface area contributed by atoms with Crippen LogP contribution in [0, 0.1) is 24.7 Å². The maximum atomic E-state index is 14.2. The Balaban J connectivity index is 0.688. The lowest BCUT2D eigenvalue weighted by Crippen LogP contribution is -2.57. The number of morpholine rings is 1. The van der Waals surface area contributed by atoms with Gasteiger partial charge in [-0.05, 0) is 67.1 Å². The molecule has 0 radical (unpaired) electrons. The number of ether oxygens (including phenoxy) is 2. The smallest absolute Gasteiger partial charge is 0.254 e. The second kappa shape index (κ2) is 22.7. The quantitative estimate of drug-likeness (QED) is 0.104. The lowest BCUT2D eigenvalue weighted by atomic mass is 9.89. The fourth-order valence-electron chi connectivity index (χ4n) is 10.4. The molecule has 2 aromatic carbocycles. The molecule has 3 aromatic heterocycles. The van der Waals surface area contributed by atoms with E-state index in [2.05, 4.69) is 57.1 Å². The summed E-state index contributed by atoms with van der Waals surface area (Å²) < 4.78 is 18.2. The third kappa shape index (κ3) is 11.9. The fraction of sp³-hybridized carbons (Fsp3) is 0.509. The number of rotatable bonds is 15. The first-order valence-electron chi connectivity index (χ1n) is 25.1. The molecule has 0 bridgehead atoms. The number of amides is 2. The number of thiazole rings is 1. The van der Waals surface area contributed by atoms with Crippen LogP contribution in [0.1, 0.15) is 69.0 Å². The first-order valence-corrected chi connectivity index (χ1v) is 26.0. The number of anilines is 2. The van der Waals surface area contributed by atoms with Gasteiger partial charge in [-0.15, -0.1) is 21.5 Å². The van der Waals surface area contributed by atoms with Crippen molar-refractivity contribution in [3.05, 3.63) is 83.2 Å². The Hall–Kier alpha value is -6.14. The number of nitrogens with zero attached hydrogens (tertiary/aromatic N) is 9. The van der Waals surface area contributed by atoms with Crippen molar-refractivity contribution in [3.8, 4) is 45.2 Å². The molecule has 5 N–H and O–H groups in total. The molecule has 5 aromatic rings. The molecule has 382 valence electrons. The normalized spacial score (nSPS) is 20.6. The van der Waals surface area contributed by atoms with Gasteiger partial charge >= 0.3 is 0 Å². The number of nitrogens with one attached hydrogen (secondary N) is 1. The molecule has 4 fully saturated rings. The van der Waals surface area contributed by atoms with E-state index >= 15 is 0 Å². The number of benzene rings is 2. The van der Waals surface area contributed by atoms with Gasteiger partial charge in [-0.25, -0.2) is 4.98 Å². The van der Waals surface area contributed by atoms with Gasteiger partial charge in [0.15, 0.2) is 11.6 Å². The number of hydrogen-bond acceptors (Lipinski definition) is 17. The van der Waals surface area contributed by atoms with E-state index in [1.807, 2.05) is 75.7 Å². The zero-order valence-electron chi connectivity index (χ0n) is 41.7. The summed E-state index contributed by atoms with van der Waals surface area (Å²) in [5.74, 6) is 6.57. The molecule has 0 aliphatic carbocycles. The average molecular weight is 1000 g/mol. The van der Waals surface area contributed by atoms with Crippen LogP contribution in [0.4, 0.5) is 11.5 Å². The largest absolute Gasteiger partial charge is 0.507 e. The summed E-state index contributed by atoms with van der Waals surface area (Å²) in [6, 6.07) is 17.6. The van der Waals surface area contributed by atoms with Crippen molar-refractivity contribution in [2.24, 2.45) is 5.92 Å². The van der Waals surface area contributed by atoms with Crippen LogP contribution in [0.3, 0.4) is 0 Å². The second-order valence-electron chi connectivity index (χ2n) is 19.9. The van der Waals surface area contributed by atoms with E-state index in [9.17, 15) is 19.8 Å². The standard InChI is InChI=1S/C53H67N11O7S/c1-35(2)48(52(68)64-32-40(65)29-44(64)51(67)56-36(3)38-11-13-39(14-12-38)49-37(4)55-34-72-49)46-31-47(59-71-46)69-27-25-61-23-21-60(22-24-61)17-7-8-18-62-26-28-70-53(33-62)15-19-63(20-16-53)43-30-42(57-58-50(43)54)41-9-5-6-10-45(41)66/h5-6,9-14,30-31,34-36,40,44,48,65-66H,15-29,32-33H2,1-4H3,(H2,54,58)(H,56,67)/t36-,40+,44-,48+/m0/s1. The van der Waals surface area contributed by atoms with Crippen molar-refractivity contribution in [2.45, 2.75) is 76.7 Å². The second-order valence-corrected chi connectivity index (χ2v) is 20.7. The summed E-state index contributed by atoms with van der Waals surface area (Å²) in [6.45, 7) is 17.9. The van der Waals surface area contributed by atoms with Crippen LogP contribution in [0.25, 0.3) is 21.7 Å². The highest BCUT2D eigenvalue weighted by Gasteiger charge is 2.44. The zero-order chi connectivity index (χ0) is 50.4. The molecule has 7 heterocycles. The van der Waals surface area contributed by atoms with Gasteiger partial charge in [0, 0.05) is 83.5 Å². The summed E-state index contributed by atoms with van der Waals surface area (Å²) in [5, 5.41) is 36.8. The van der Waals surface area contributed by atoms with E-state index in [-0.39, 0.29) is 48.1 Å². The Morgan fingerprint density at radius 3 is 2.42 bits per heavy atom. The number of hydrogen-bond donors (Lipinski definition) is 4. The highest BCUT2D eigenvalue weighted by molar-refractivity contribution is 7.13. The van der Waals surface area contributed by atoms with Crippen LogP contribution in [-0.2, 0) is 14.3 Å². The predicted octanol–water partition coefficient (Wildman–Crippen LogP) is 4.80. The first-order chi connectivity index (χ1) is 34.8. The number of carbonyl (C=O) groups excluding carboxylic acids is 2. The zero-order valence-corrected chi connectivity index (χ0v) is 42.5. The van der Waals surface area contributed by atoms with Crippen LogP contribution < -0.4 is 20.7 Å². The van der Waals surface area contributed by atoms with E-state index in [1.54, 1.807) is 29.5 Å². The summed E-state index contributed by atoms with van der Waals surface area (Å²) in [4.78, 5) is 44.3. The minimum Gasteiger partial charge on any atom is -0.507 e. The topological polar surface area (TPSA) is 212 Å². The van der Waals surface area contributed by atoms with Crippen molar-refractivity contribution < 1.29 is 33.8 Å². The number of piperazine rings is 1. The number of phenolic OH excluding ortho intramolecular Hbond substituents is 1. The molecule has 4 atom stereocenters. The molecule has 2 amide bonds. The van der Waals surface area contributed by atoms with Gasteiger partial charge in [0.1, 0.15) is 24.3 Å². The monoisotopic (exact) mass is 1000 g/mol. The fourth-order valence-corrected chi connectivity index (χ4v) is 11.2. The molecular formula is C53H67N11O7S. The lowest BCUT2D eigenvalue weighted by Gasteiger charge is -2.47. The third-order valence-corrected chi connectivity index (χ3v) is 15.5. The van der Waals surface area contributed by atoms with Gasteiger partial charge in [-0.2, -0.15) is 0 Å². The van der Waals surface area contributed by atoms with E-state index in [1.165, 1.54) is 4.90 Å². The van der Waals surface area contributed by atoms with Crippen LogP contribution in [0.5, 0.6) is 11.6 Å². The van der Waals surface area contributed by atoms with Gasteiger partial charge in [-0.1, -0.05) is 62.1 Å². The van der Waals surface area contributed by atoms with Crippen LogP contribution in [-0.4, -0.2) is 171 Å². The van der Waals surface area contributed by atoms with Gasteiger partial charge in [0.05, 0.1) is 64.9 Å². The molecule has 0 saturated carbocycles. The SMILES string of the molecule is Cc1ncsc1-c1ccc([C@H](C)NC(=O)[C@@H]2C[C@@H](O)CN2C(=O)[C@@H](c2cc(OCCN3CCN(CC#CCN4CCOC5(CCN(c6cc(-c7ccccc7O)nnc6N)CC5)C4)CC3)no2)C(C)C)cc1. The van der Waals surface area contributed by atoms with E-state index in [0.29, 0.717) is 55.0 Å². The Kier molecular flexibility index (Phi) is 16.0. The predicted molar refractivity (Wildman–Crippen MR) is 275 cm³/mol. The summed E-state index contributed by atoms with van der Waals surface area (Å²) in [5.41, 5.74) is 12.9. The molecule has 0 unspecified atom stereocenters. The number of nitrogens with two attached hydrogens (primary N) is 1. The number of para-hydroxylation sites is 1. The molecule has 72 heavy (non-hydrogen) atoms. The number of likely N-dealkylation sites (tertiary alicyclic amines) is 1. The maximum absolute atomic E-state index is 14.2. The van der Waals surface area contributed by atoms with Gasteiger partial charge in [-0.3, -0.25) is 24.3 Å². The molecule has 4 aliphatic rings. The van der Waals surface area contributed by atoms with Gasteiger partial charge in [0.2, 0.25) is 11.8 Å². The molecule has 4 aliphatic heterocycles. The number of aliphatic hydroxyl groups excluding tert-OH is 1.